The first-order valence-electron chi connectivity index (χ1n) is 7.06. The highest BCUT2D eigenvalue weighted by Crippen LogP contribution is 2.18. The van der Waals surface area contributed by atoms with Gasteiger partial charge in [0.2, 0.25) is 0 Å². The van der Waals surface area contributed by atoms with E-state index in [1.807, 2.05) is 6.07 Å². The number of amides is 2. The molecule has 2 heterocycles. The van der Waals surface area contributed by atoms with Crippen LogP contribution in [-0.2, 0) is 0 Å². The van der Waals surface area contributed by atoms with Crippen LogP contribution in [0.3, 0.4) is 0 Å². The summed E-state index contributed by atoms with van der Waals surface area (Å²) in [4.78, 5) is 30.3. The van der Waals surface area contributed by atoms with Crippen LogP contribution >= 0.6 is 11.3 Å². The van der Waals surface area contributed by atoms with E-state index in [1.165, 1.54) is 11.3 Å². The summed E-state index contributed by atoms with van der Waals surface area (Å²) < 4.78 is 0. The van der Waals surface area contributed by atoms with Crippen molar-refractivity contribution < 1.29 is 9.59 Å². The van der Waals surface area contributed by atoms with E-state index in [1.54, 1.807) is 34.5 Å². The average Bonchev–Trinajstić information content (AvgIpc) is 3.04. The number of nitrogens with zero attached hydrogens (tertiary/aromatic N) is 2. The molecule has 114 valence electrons. The van der Waals surface area contributed by atoms with Crippen LogP contribution in [0.25, 0.3) is 0 Å². The molecule has 0 unspecified atom stereocenters. The van der Waals surface area contributed by atoms with Crippen molar-refractivity contribution in [2.45, 2.75) is 0 Å². The highest BCUT2D eigenvalue weighted by Gasteiger charge is 2.20. The topological polar surface area (TPSA) is 74.3 Å². The van der Waals surface area contributed by atoms with Gasteiger partial charge in [0.05, 0.1) is 0 Å². The number of anilines is 1. The molecule has 0 saturated carbocycles. The number of hydrogen-bond donors (Lipinski definition) is 2. The number of benzene rings is 1. The van der Waals surface area contributed by atoms with Gasteiger partial charge in [0.25, 0.3) is 11.8 Å². The lowest BCUT2D eigenvalue weighted by atomic mass is 10.2. The molecule has 0 radical (unpaired) electrons. The minimum atomic E-state index is -0.226. The molecule has 2 aromatic rings. The average molecular weight is 316 g/mol. The van der Waals surface area contributed by atoms with Crippen molar-refractivity contribution in [3.63, 3.8) is 0 Å². The van der Waals surface area contributed by atoms with Crippen LogP contribution in [-0.4, -0.2) is 47.9 Å². The summed E-state index contributed by atoms with van der Waals surface area (Å²) in [6.07, 6.45) is 0. The second-order valence-corrected chi connectivity index (χ2v) is 5.76. The fraction of sp³-hybridized carbons (Fsp3) is 0.267. The maximum Gasteiger partial charge on any atom is 0.273 e. The first kappa shape index (κ1) is 14.7. The zero-order chi connectivity index (χ0) is 15.4. The van der Waals surface area contributed by atoms with Crippen molar-refractivity contribution in [1.82, 2.24) is 15.2 Å². The Morgan fingerprint density at radius 2 is 1.91 bits per heavy atom. The SMILES string of the molecule is O=C(Nc1nc(C(=O)N2CCNCC2)cs1)c1ccccc1. The van der Waals surface area contributed by atoms with Gasteiger partial charge in [-0.2, -0.15) is 0 Å². The molecular weight excluding hydrogens is 300 g/mol. The number of carbonyl (C=O) groups excluding carboxylic acids is 2. The van der Waals surface area contributed by atoms with E-state index >= 15 is 0 Å². The number of carbonyl (C=O) groups is 2. The van der Waals surface area contributed by atoms with Gasteiger partial charge in [0.15, 0.2) is 5.13 Å². The van der Waals surface area contributed by atoms with Crippen LogP contribution in [0.5, 0.6) is 0 Å². The lowest BCUT2D eigenvalue weighted by molar-refractivity contribution is 0.0730. The highest BCUT2D eigenvalue weighted by atomic mass is 32.1. The molecule has 6 nitrogen and oxygen atoms in total. The van der Waals surface area contributed by atoms with Gasteiger partial charge in [-0.25, -0.2) is 4.98 Å². The summed E-state index contributed by atoms with van der Waals surface area (Å²) in [6, 6.07) is 8.92. The Hall–Kier alpha value is -2.25. The number of hydrogen-bond acceptors (Lipinski definition) is 5. The third kappa shape index (κ3) is 3.32. The van der Waals surface area contributed by atoms with Crippen LogP contribution in [0.4, 0.5) is 5.13 Å². The van der Waals surface area contributed by atoms with Crippen molar-refractivity contribution in [3.8, 4) is 0 Å². The molecule has 0 spiro atoms. The predicted octanol–water partition coefficient (Wildman–Crippen LogP) is 1.44. The molecule has 0 aliphatic carbocycles. The normalized spacial score (nSPS) is 14.6. The molecule has 2 N–H and O–H groups in total. The van der Waals surface area contributed by atoms with Gasteiger partial charge in [-0.1, -0.05) is 18.2 Å². The van der Waals surface area contributed by atoms with Crippen LogP contribution in [0.2, 0.25) is 0 Å². The second-order valence-electron chi connectivity index (χ2n) is 4.90. The van der Waals surface area contributed by atoms with E-state index in [9.17, 15) is 9.59 Å². The van der Waals surface area contributed by atoms with Gasteiger partial charge in [-0.3, -0.25) is 14.9 Å². The molecule has 1 aliphatic heterocycles. The lowest BCUT2D eigenvalue weighted by Gasteiger charge is -2.26. The van der Waals surface area contributed by atoms with E-state index in [4.69, 9.17) is 0 Å². The Bertz CT molecular complexity index is 665. The first-order chi connectivity index (χ1) is 10.7. The minimum absolute atomic E-state index is 0.0852. The summed E-state index contributed by atoms with van der Waals surface area (Å²) in [6.45, 7) is 2.96. The van der Waals surface area contributed by atoms with E-state index < -0.39 is 0 Å². The molecule has 7 heteroatoms. The van der Waals surface area contributed by atoms with Crippen molar-refractivity contribution in [3.05, 3.63) is 47.0 Å². The van der Waals surface area contributed by atoms with Crippen molar-refractivity contribution in [2.75, 3.05) is 31.5 Å². The Labute approximate surface area is 132 Å². The molecule has 2 amide bonds. The number of nitrogens with one attached hydrogen (secondary N) is 2. The molecule has 1 aromatic carbocycles. The van der Waals surface area contributed by atoms with Gasteiger partial charge in [-0.05, 0) is 12.1 Å². The van der Waals surface area contributed by atoms with E-state index in [0.29, 0.717) is 29.5 Å². The number of aromatic nitrogens is 1. The largest absolute Gasteiger partial charge is 0.335 e. The smallest absolute Gasteiger partial charge is 0.273 e. The number of piperazine rings is 1. The molecule has 1 saturated heterocycles. The number of thiazole rings is 1. The zero-order valence-electron chi connectivity index (χ0n) is 11.9. The molecule has 0 atom stereocenters. The third-order valence-electron chi connectivity index (χ3n) is 3.38. The summed E-state index contributed by atoms with van der Waals surface area (Å²) in [7, 11) is 0. The molecule has 1 fully saturated rings. The molecule has 3 rings (SSSR count). The molecule has 1 aromatic heterocycles. The third-order valence-corrected chi connectivity index (χ3v) is 4.14. The Morgan fingerprint density at radius 3 is 2.64 bits per heavy atom. The molecule has 0 bridgehead atoms. The first-order valence-corrected chi connectivity index (χ1v) is 7.94. The number of rotatable bonds is 3. The van der Waals surface area contributed by atoms with Gasteiger partial charge >= 0.3 is 0 Å². The Balaban J connectivity index is 1.66. The van der Waals surface area contributed by atoms with Gasteiger partial charge in [0, 0.05) is 37.1 Å². The quantitative estimate of drug-likeness (QED) is 0.898. The van der Waals surface area contributed by atoms with Crippen molar-refractivity contribution in [2.24, 2.45) is 0 Å². The zero-order valence-corrected chi connectivity index (χ0v) is 12.7. The van der Waals surface area contributed by atoms with Crippen molar-refractivity contribution >= 4 is 28.3 Å². The Kier molecular flexibility index (Phi) is 4.45. The fourth-order valence-electron chi connectivity index (χ4n) is 2.22. The van der Waals surface area contributed by atoms with Crippen LogP contribution in [0.1, 0.15) is 20.8 Å². The molecule has 1 aliphatic rings. The van der Waals surface area contributed by atoms with E-state index in [2.05, 4.69) is 15.6 Å². The summed E-state index contributed by atoms with van der Waals surface area (Å²) >= 11 is 1.26. The van der Waals surface area contributed by atoms with Gasteiger partial charge in [-0.15, -0.1) is 11.3 Å². The van der Waals surface area contributed by atoms with Gasteiger partial charge < -0.3 is 10.2 Å². The molecule has 22 heavy (non-hydrogen) atoms. The summed E-state index contributed by atoms with van der Waals surface area (Å²) in [5.41, 5.74) is 0.947. The van der Waals surface area contributed by atoms with E-state index in [0.717, 1.165) is 13.1 Å². The maximum atomic E-state index is 12.3. The second kappa shape index (κ2) is 6.67. The summed E-state index contributed by atoms with van der Waals surface area (Å²) in [5.74, 6) is -0.311. The monoisotopic (exact) mass is 316 g/mol. The van der Waals surface area contributed by atoms with Crippen LogP contribution in [0, 0.1) is 0 Å². The van der Waals surface area contributed by atoms with E-state index in [-0.39, 0.29) is 11.8 Å². The standard InChI is InChI=1S/C15H16N4O2S/c20-13(11-4-2-1-3-5-11)18-15-17-12(10-22-15)14(21)19-8-6-16-7-9-19/h1-5,10,16H,6-9H2,(H,17,18,20). The maximum absolute atomic E-state index is 12.3. The van der Waals surface area contributed by atoms with Gasteiger partial charge in [0.1, 0.15) is 5.69 Å². The van der Waals surface area contributed by atoms with Crippen molar-refractivity contribution in [1.29, 1.82) is 0 Å². The van der Waals surface area contributed by atoms with Crippen LogP contribution < -0.4 is 10.6 Å². The van der Waals surface area contributed by atoms with Crippen LogP contribution in [0.15, 0.2) is 35.7 Å². The lowest BCUT2D eigenvalue weighted by Crippen LogP contribution is -2.46. The summed E-state index contributed by atoms with van der Waals surface area (Å²) in [5, 5.41) is 8.05. The molecular formula is C15H16N4O2S. The highest BCUT2D eigenvalue weighted by molar-refractivity contribution is 7.14. The predicted molar refractivity (Wildman–Crippen MR) is 85.3 cm³/mol. The fourth-order valence-corrected chi connectivity index (χ4v) is 2.90. The Morgan fingerprint density at radius 1 is 1.18 bits per heavy atom. The minimum Gasteiger partial charge on any atom is -0.335 e.